The number of thioether (sulfide) groups is 1. The number of imidazole rings is 1. The van der Waals surface area contributed by atoms with E-state index in [9.17, 15) is 24.5 Å². The fourth-order valence-corrected chi connectivity index (χ4v) is 5.62. The molecule has 3 aromatic rings. The third kappa shape index (κ3) is 13.6. The van der Waals surface area contributed by atoms with Gasteiger partial charge in [0.25, 0.3) is 5.09 Å². The second-order valence-electron chi connectivity index (χ2n) is 11.2. The fourth-order valence-electron chi connectivity index (χ4n) is 4.75. The zero-order chi connectivity index (χ0) is 39.6. The summed E-state index contributed by atoms with van der Waals surface area (Å²) in [4.78, 5) is 55.9. The average molecular weight is 794 g/mol. The number of amidine groups is 1. The number of nitrogens with two attached hydrogens (primary N) is 2. The predicted octanol–water partition coefficient (Wildman–Crippen LogP) is 5.51. The first-order valence-corrected chi connectivity index (χ1v) is 18.4. The second kappa shape index (κ2) is 22.1. The molecule has 0 aliphatic rings. The molecule has 18 nitrogen and oxygen atoms in total. The highest BCUT2D eigenvalue weighted by atomic mass is 35.5. The highest BCUT2D eigenvalue weighted by Crippen LogP contribution is 2.26. The van der Waals surface area contributed by atoms with Gasteiger partial charge in [0.1, 0.15) is 19.0 Å². The van der Waals surface area contributed by atoms with Gasteiger partial charge in [-0.1, -0.05) is 73.5 Å². The molecule has 2 atom stereocenters. The monoisotopic (exact) mass is 793 g/mol. The van der Waals surface area contributed by atoms with Gasteiger partial charge >= 0.3 is 18.3 Å². The van der Waals surface area contributed by atoms with Gasteiger partial charge in [-0.05, 0) is 37.0 Å². The largest absolute Gasteiger partial charge is 0.511 e. The maximum atomic E-state index is 13.2. The maximum Gasteiger partial charge on any atom is 0.511 e. The highest BCUT2D eigenvalue weighted by molar-refractivity contribution is 7.99. The lowest BCUT2D eigenvalue weighted by Gasteiger charge is -2.21. The summed E-state index contributed by atoms with van der Waals surface area (Å²) in [6.07, 6.45) is -1.96. The Labute approximate surface area is 321 Å². The van der Waals surface area contributed by atoms with E-state index in [0.29, 0.717) is 29.3 Å². The van der Waals surface area contributed by atoms with Crippen molar-refractivity contribution in [1.29, 1.82) is 0 Å². The molecule has 0 aliphatic heterocycles. The Morgan fingerprint density at radius 1 is 1.02 bits per heavy atom. The van der Waals surface area contributed by atoms with Crippen LogP contribution in [0.4, 0.5) is 9.59 Å². The summed E-state index contributed by atoms with van der Waals surface area (Å²) in [5, 5.41) is 14.4. The molecule has 20 heteroatoms. The van der Waals surface area contributed by atoms with Crippen LogP contribution >= 0.6 is 23.4 Å². The molecule has 2 aromatic carbocycles. The van der Waals surface area contributed by atoms with Gasteiger partial charge in [-0.25, -0.2) is 25.2 Å². The molecule has 0 bridgehead atoms. The van der Waals surface area contributed by atoms with E-state index in [1.54, 1.807) is 23.6 Å². The lowest BCUT2D eigenvalue weighted by Crippen LogP contribution is -2.40. The minimum absolute atomic E-state index is 0.00782. The summed E-state index contributed by atoms with van der Waals surface area (Å²) in [7, 11) is 0. The van der Waals surface area contributed by atoms with Crippen molar-refractivity contribution >= 4 is 47.5 Å². The normalized spacial score (nSPS) is 12.3. The van der Waals surface area contributed by atoms with Crippen LogP contribution in [0.2, 0.25) is 5.15 Å². The summed E-state index contributed by atoms with van der Waals surface area (Å²) < 4.78 is 26.9. The van der Waals surface area contributed by atoms with Crippen molar-refractivity contribution in [2.24, 2.45) is 16.7 Å². The standard InChI is InChI=1S/C34H44ClN7O11S/c1-5-7-12-28-38-30(35)29(32(43)52-23(4)53-33(44)48-6-2)40(28)21-24-13-15-25(16-14-24)26-10-8-9-11-27(26)31(36)39-41(37)22(3)51-34(45)49-17-19-54-20-18-50-42(46)47/h8-11,13-16,22-23H,5-7,12,17-21,37H2,1-4H3,(H2,36,39). The summed E-state index contributed by atoms with van der Waals surface area (Å²) in [6, 6.07) is 14.8. The van der Waals surface area contributed by atoms with E-state index in [4.69, 9.17) is 46.9 Å². The minimum Gasteiger partial charge on any atom is -0.435 e. The summed E-state index contributed by atoms with van der Waals surface area (Å²) >= 11 is 7.76. The molecule has 0 amide bonds. The number of unbranched alkanes of at least 4 members (excludes halogenated alkanes) is 1. The van der Waals surface area contributed by atoms with E-state index in [-0.39, 0.29) is 43.0 Å². The molecule has 0 fully saturated rings. The Bertz CT molecular complexity index is 1740. The molecule has 0 aliphatic carbocycles. The molecule has 1 aromatic heterocycles. The van der Waals surface area contributed by atoms with Gasteiger partial charge in [0.05, 0.1) is 6.61 Å². The van der Waals surface area contributed by atoms with Crippen LogP contribution in [0, 0.1) is 10.1 Å². The number of carbonyl (C=O) groups is 3. The number of hydrogen-bond donors (Lipinski definition) is 2. The van der Waals surface area contributed by atoms with Crippen LogP contribution < -0.4 is 11.6 Å². The lowest BCUT2D eigenvalue weighted by atomic mass is 9.98. The SMILES string of the molecule is CCCCc1nc(Cl)c(C(=O)OC(C)OC(=O)OCC)n1Cc1ccc(-c2ccccc2/C(N)=N/N(N)C(C)OC(=O)OCCSCCO[N+](=O)[O-])cc1. The Hall–Kier alpha value is -5.27. The molecule has 3 rings (SSSR count). The maximum absolute atomic E-state index is 13.2. The Kier molecular flexibility index (Phi) is 17.6. The molecule has 294 valence electrons. The molecular weight excluding hydrogens is 750 g/mol. The summed E-state index contributed by atoms with van der Waals surface area (Å²) in [6.45, 7) is 6.81. The second-order valence-corrected chi connectivity index (χ2v) is 12.8. The fraction of sp³-hybridized carbons (Fsp3) is 0.441. The molecule has 2 unspecified atom stereocenters. The molecule has 0 saturated heterocycles. The van der Waals surface area contributed by atoms with Crippen molar-refractivity contribution in [3.05, 3.63) is 86.4 Å². The van der Waals surface area contributed by atoms with E-state index in [1.807, 2.05) is 43.3 Å². The van der Waals surface area contributed by atoms with Crippen LogP contribution in [-0.4, -0.2) is 87.7 Å². The average Bonchev–Trinajstić information content (AvgIpc) is 3.44. The van der Waals surface area contributed by atoms with Crippen LogP contribution in [0.25, 0.3) is 11.1 Å². The van der Waals surface area contributed by atoms with Crippen molar-refractivity contribution < 1.29 is 48.0 Å². The Balaban J connectivity index is 1.71. The van der Waals surface area contributed by atoms with Gasteiger partial charge in [0.15, 0.2) is 16.7 Å². The van der Waals surface area contributed by atoms with E-state index < -0.39 is 35.9 Å². The van der Waals surface area contributed by atoms with Crippen molar-refractivity contribution in [1.82, 2.24) is 14.7 Å². The lowest BCUT2D eigenvalue weighted by molar-refractivity contribution is -0.756. The van der Waals surface area contributed by atoms with Crippen molar-refractivity contribution in [2.45, 2.75) is 66.0 Å². The number of carbonyl (C=O) groups excluding carboxylic acids is 3. The topological polar surface area (TPSA) is 235 Å². The first-order chi connectivity index (χ1) is 25.8. The number of rotatable bonds is 21. The molecule has 54 heavy (non-hydrogen) atoms. The van der Waals surface area contributed by atoms with Crippen LogP contribution in [0.3, 0.4) is 0 Å². The van der Waals surface area contributed by atoms with Crippen LogP contribution in [0.15, 0.2) is 53.6 Å². The number of halogens is 1. The predicted molar refractivity (Wildman–Crippen MR) is 199 cm³/mol. The Morgan fingerprint density at radius 3 is 2.39 bits per heavy atom. The molecule has 4 N–H and O–H groups in total. The molecule has 0 spiro atoms. The quantitative estimate of drug-likeness (QED) is 0.0156. The number of aryl methyl sites for hydroxylation is 1. The minimum atomic E-state index is -1.23. The number of esters is 1. The third-order valence-corrected chi connectivity index (χ3v) is 8.47. The first-order valence-electron chi connectivity index (χ1n) is 16.9. The van der Waals surface area contributed by atoms with Gasteiger partial charge in [-0.15, -0.1) is 15.2 Å². The van der Waals surface area contributed by atoms with Gasteiger partial charge in [-0.3, -0.25) is 0 Å². The smallest absolute Gasteiger partial charge is 0.435 e. The van der Waals surface area contributed by atoms with E-state index in [2.05, 4.69) is 14.9 Å². The highest BCUT2D eigenvalue weighted by Gasteiger charge is 2.26. The summed E-state index contributed by atoms with van der Waals surface area (Å²) in [5.41, 5.74) is 9.31. The van der Waals surface area contributed by atoms with E-state index >= 15 is 0 Å². The zero-order valence-corrected chi connectivity index (χ0v) is 31.9. The Morgan fingerprint density at radius 2 is 1.70 bits per heavy atom. The van der Waals surface area contributed by atoms with Crippen LogP contribution in [0.1, 0.15) is 68.0 Å². The van der Waals surface area contributed by atoms with Gasteiger partial charge < -0.3 is 38.8 Å². The molecular formula is C34H44ClN7O11S. The molecule has 1 heterocycles. The first kappa shape index (κ1) is 43.1. The van der Waals surface area contributed by atoms with E-state index in [1.165, 1.54) is 25.6 Å². The number of aromatic nitrogens is 2. The van der Waals surface area contributed by atoms with Crippen LogP contribution in [-0.2, 0) is 41.5 Å². The van der Waals surface area contributed by atoms with Crippen molar-refractivity contribution in [2.75, 3.05) is 31.3 Å². The molecule has 0 radical (unpaired) electrons. The van der Waals surface area contributed by atoms with Gasteiger partial charge in [0.2, 0.25) is 12.5 Å². The summed E-state index contributed by atoms with van der Waals surface area (Å²) in [5.74, 6) is 6.60. The van der Waals surface area contributed by atoms with Crippen LogP contribution in [0.5, 0.6) is 0 Å². The number of ether oxygens (including phenoxy) is 5. The van der Waals surface area contributed by atoms with E-state index in [0.717, 1.165) is 34.6 Å². The molecule has 0 saturated carbocycles. The van der Waals surface area contributed by atoms with Gasteiger partial charge in [0, 0.05) is 37.0 Å². The number of hydrazine groups is 1. The van der Waals surface area contributed by atoms with Crippen molar-refractivity contribution in [3.8, 4) is 11.1 Å². The number of hydrazone groups is 1. The van der Waals surface area contributed by atoms with Crippen molar-refractivity contribution in [3.63, 3.8) is 0 Å². The number of benzene rings is 2. The van der Waals surface area contributed by atoms with Gasteiger partial charge in [-0.2, -0.15) is 16.9 Å². The number of nitrogens with zero attached hydrogens (tertiary/aromatic N) is 5. The third-order valence-electron chi connectivity index (χ3n) is 7.29. The number of hydrogen-bond acceptors (Lipinski definition) is 16. The zero-order valence-electron chi connectivity index (χ0n) is 30.3.